The SMILES string of the molecule is CCC(CC)CNCCCC1CCCCN1. The first-order chi connectivity index (χ1) is 7.86. The topological polar surface area (TPSA) is 24.1 Å². The highest BCUT2D eigenvalue weighted by Gasteiger charge is 2.11. The van der Waals surface area contributed by atoms with Crippen LogP contribution in [0.15, 0.2) is 0 Å². The van der Waals surface area contributed by atoms with Gasteiger partial charge in [0, 0.05) is 6.04 Å². The maximum Gasteiger partial charge on any atom is 0.00675 e. The van der Waals surface area contributed by atoms with Crippen LogP contribution in [0.3, 0.4) is 0 Å². The molecule has 1 atom stereocenters. The summed E-state index contributed by atoms with van der Waals surface area (Å²) in [6.45, 7) is 8.25. The Morgan fingerprint density at radius 3 is 2.69 bits per heavy atom. The zero-order chi connectivity index (χ0) is 11.6. The first-order valence-electron chi connectivity index (χ1n) is 7.30. The van der Waals surface area contributed by atoms with E-state index in [0.717, 1.165) is 12.0 Å². The third-order valence-corrected chi connectivity index (χ3v) is 3.91. The third-order valence-electron chi connectivity index (χ3n) is 3.91. The molecule has 1 aliphatic heterocycles. The minimum Gasteiger partial charge on any atom is -0.316 e. The van der Waals surface area contributed by atoms with Gasteiger partial charge in [-0.3, -0.25) is 0 Å². The highest BCUT2D eigenvalue weighted by atomic mass is 14.9. The van der Waals surface area contributed by atoms with E-state index in [1.807, 2.05) is 0 Å². The molecule has 96 valence electrons. The van der Waals surface area contributed by atoms with Crippen LogP contribution < -0.4 is 10.6 Å². The highest BCUT2D eigenvalue weighted by molar-refractivity contribution is 4.72. The molecule has 2 N–H and O–H groups in total. The third kappa shape index (κ3) is 5.86. The van der Waals surface area contributed by atoms with Crippen molar-refractivity contribution in [1.82, 2.24) is 10.6 Å². The monoisotopic (exact) mass is 226 g/mol. The summed E-state index contributed by atoms with van der Waals surface area (Å²) < 4.78 is 0. The molecule has 0 radical (unpaired) electrons. The molecule has 1 aliphatic rings. The van der Waals surface area contributed by atoms with Gasteiger partial charge in [-0.15, -0.1) is 0 Å². The lowest BCUT2D eigenvalue weighted by molar-refractivity contribution is 0.368. The number of nitrogens with one attached hydrogen (secondary N) is 2. The molecule has 0 aromatic rings. The lowest BCUT2D eigenvalue weighted by Gasteiger charge is -2.23. The maximum atomic E-state index is 3.61. The van der Waals surface area contributed by atoms with Crippen molar-refractivity contribution in [3.63, 3.8) is 0 Å². The van der Waals surface area contributed by atoms with Gasteiger partial charge in [-0.2, -0.15) is 0 Å². The second-order valence-electron chi connectivity index (χ2n) is 5.18. The van der Waals surface area contributed by atoms with Crippen LogP contribution in [0, 0.1) is 5.92 Å². The predicted octanol–water partition coefficient (Wildman–Crippen LogP) is 2.93. The molecule has 0 saturated carbocycles. The van der Waals surface area contributed by atoms with Crippen LogP contribution in [0.2, 0.25) is 0 Å². The molecule has 0 aliphatic carbocycles. The molecule has 16 heavy (non-hydrogen) atoms. The van der Waals surface area contributed by atoms with Crippen molar-refractivity contribution in [2.24, 2.45) is 5.92 Å². The Hall–Kier alpha value is -0.0800. The number of piperidine rings is 1. The maximum absolute atomic E-state index is 3.61. The summed E-state index contributed by atoms with van der Waals surface area (Å²) in [7, 11) is 0. The van der Waals surface area contributed by atoms with E-state index in [0.29, 0.717) is 0 Å². The van der Waals surface area contributed by atoms with E-state index < -0.39 is 0 Å². The normalized spacial score (nSPS) is 21.6. The van der Waals surface area contributed by atoms with Crippen LogP contribution in [0.5, 0.6) is 0 Å². The molecule has 1 rings (SSSR count). The van der Waals surface area contributed by atoms with Crippen molar-refractivity contribution in [2.75, 3.05) is 19.6 Å². The van der Waals surface area contributed by atoms with Crippen LogP contribution in [0.1, 0.15) is 58.8 Å². The Bertz CT molecular complexity index is 149. The van der Waals surface area contributed by atoms with E-state index in [1.54, 1.807) is 0 Å². The second-order valence-corrected chi connectivity index (χ2v) is 5.18. The van der Waals surface area contributed by atoms with Crippen molar-refractivity contribution in [3.05, 3.63) is 0 Å². The van der Waals surface area contributed by atoms with E-state index in [2.05, 4.69) is 24.5 Å². The standard InChI is InChI=1S/C14H30N2/c1-3-13(4-2)12-15-10-7-9-14-8-5-6-11-16-14/h13-16H,3-12H2,1-2H3. The Balaban J connectivity index is 1.90. The van der Waals surface area contributed by atoms with E-state index in [-0.39, 0.29) is 0 Å². The fourth-order valence-electron chi connectivity index (χ4n) is 2.53. The zero-order valence-electron chi connectivity index (χ0n) is 11.2. The lowest BCUT2D eigenvalue weighted by Crippen LogP contribution is -2.34. The molecule has 0 bridgehead atoms. The van der Waals surface area contributed by atoms with Gasteiger partial charge < -0.3 is 10.6 Å². The lowest BCUT2D eigenvalue weighted by atomic mass is 10.0. The Morgan fingerprint density at radius 2 is 2.06 bits per heavy atom. The fourth-order valence-corrected chi connectivity index (χ4v) is 2.53. The van der Waals surface area contributed by atoms with E-state index in [1.165, 1.54) is 64.6 Å². The summed E-state index contributed by atoms with van der Waals surface area (Å²) in [5, 5.41) is 7.21. The summed E-state index contributed by atoms with van der Waals surface area (Å²) in [5.41, 5.74) is 0. The van der Waals surface area contributed by atoms with Crippen molar-refractivity contribution >= 4 is 0 Å². The Labute approximate surface area is 102 Å². The molecule has 0 aromatic heterocycles. The molecule has 1 fully saturated rings. The van der Waals surface area contributed by atoms with Crippen LogP contribution >= 0.6 is 0 Å². The van der Waals surface area contributed by atoms with Gasteiger partial charge >= 0.3 is 0 Å². The highest BCUT2D eigenvalue weighted by Crippen LogP contribution is 2.11. The number of rotatable bonds is 8. The average Bonchev–Trinajstić information content (AvgIpc) is 2.35. The van der Waals surface area contributed by atoms with Crippen molar-refractivity contribution in [2.45, 2.75) is 64.8 Å². The van der Waals surface area contributed by atoms with Crippen molar-refractivity contribution < 1.29 is 0 Å². The van der Waals surface area contributed by atoms with Gasteiger partial charge in [0.15, 0.2) is 0 Å². The first kappa shape index (κ1) is 14.0. The largest absolute Gasteiger partial charge is 0.316 e. The summed E-state index contributed by atoms with van der Waals surface area (Å²) in [5.74, 6) is 0.882. The summed E-state index contributed by atoms with van der Waals surface area (Å²) >= 11 is 0. The van der Waals surface area contributed by atoms with Gasteiger partial charge in [-0.25, -0.2) is 0 Å². The van der Waals surface area contributed by atoms with Crippen LogP contribution in [0.25, 0.3) is 0 Å². The Morgan fingerprint density at radius 1 is 1.25 bits per heavy atom. The van der Waals surface area contributed by atoms with Gasteiger partial charge in [0.1, 0.15) is 0 Å². The molecule has 0 amide bonds. The molecular formula is C14H30N2. The second kappa shape index (κ2) is 9.00. The fraction of sp³-hybridized carbons (Fsp3) is 1.00. The van der Waals surface area contributed by atoms with Gasteiger partial charge in [0.25, 0.3) is 0 Å². The van der Waals surface area contributed by atoms with Crippen LogP contribution in [-0.2, 0) is 0 Å². The smallest absolute Gasteiger partial charge is 0.00675 e. The number of hydrogen-bond donors (Lipinski definition) is 2. The van der Waals surface area contributed by atoms with E-state index in [4.69, 9.17) is 0 Å². The van der Waals surface area contributed by atoms with Crippen molar-refractivity contribution in [3.8, 4) is 0 Å². The van der Waals surface area contributed by atoms with Gasteiger partial charge in [0.2, 0.25) is 0 Å². The van der Waals surface area contributed by atoms with E-state index >= 15 is 0 Å². The van der Waals surface area contributed by atoms with Crippen molar-refractivity contribution in [1.29, 1.82) is 0 Å². The van der Waals surface area contributed by atoms with Crippen LogP contribution in [0.4, 0.5) is 0 Å². The first-order valence-corrected chi connectivity index (χ1v) is 7.30. The number of hydrogen-bond acceptors (Lipinski definition) is 2. The summed E-state index contributed by atoms with van der Waals surface area (Å²) in [6.07, 6.45) is 9.52. The molecule has 1 heterocycles. The molecule has 1 saturated heterocycles. The molecule has 1 unspecified atom stereocenters. The van der Waals surface area contributed by atoms with Gasteiger partial charge in [-0.1, -0.05) is 33.1 Å². The molecular weight excluding hydrogens is 196 g/mol. The zero-order valence-corrected chi connectivity index (χ0v) is 11.2. The van der Waals surface area contributed by atoms with Gasteiger partial charge in [0.05, 0.1) is 0 Å². The predicted molar refractivity (Wildman–Crippen MR) is 71.8 cm³/mol. The average molecular weight is 226 g/mol. The summed E-state index contributed by atoms with van der Waals surface area (Å²) in [4.78, 5) is 0. The van der Waals surface area contributed by atoms with Crippen LogP contribution in [-0.4, -0.2) is 25.7 Å². The molecule has 2 heteroatoms. The molecule has 0 spiro atoms. The quantitative estimate of drug-likeness (QED) is 0.622. The minimum absolute atomic E-state index is 0.809. The van der Waals surface area contributed by atoms with Gasteiger partial charge in [-0.05, 0) is 51.2 Å². The van der Waals surface area contributed by atoms with E-state index in [9.17, 15) is 0 Å². The summed E-state index contributed by atoms with van der Waals surface area (Å²) in [6, 6.07) is 0.809. The minimum atomic E-state index is 0.809. The molecule has 2 nitrogen and oxygen atoms in total. The Kier molecular flexibility index (Phi) is 7.87. The molecule has 0 aromatic carbocycles.